The van der Waals surface area contributed by atoms with Crippen molar-refractivity contribution in [3.63, 3.8) is 0 Å². The summed E-state index contributed by atoms with van der Waals surface area (Å²) in [4.78, 5) is 26.4. The molecule has 39 heavy (non-hydrogen) atoms. The number of piperazine rings is 1. The third kappa shape index (κ3) is 5.55. The van der Waals surface area contributed by atoms with E-state index in [1.807, 2.05) is 4.90 Å². The highest BCUT2D eigenvalue weighted by atomic mass is 19.4. The van der Waals surface area contributed by atoms with Crippen LogP contribution in [0.2, 0.25) is 0 Å². The van der Waals surface area contributed by atoms with E-state index in [-0.39, 0.29) is 23.4 Å². The van der Waals surface area contributed by atoms with Crippen LogP contribution in [0.15, 0.2) is 46.9 Å². The number of halogens is 4. The van der Waals surface area contributed by atoms with E-state index in [9.17, 15) is 37.6 Å². The fraction of sp³-hybridized carbons (Fsp3) is 0.423. The van der Waals surface area contributed by atoms with E-state index >= 15 is 0 Å². The van der Waals surface area contributed by atoms with E-state index in [0.717, 1.165) is 12.1 Å². The molecule has 2 N–H and O–H groups in total. The standard InChI is InChI=1S/C26H26F4N4O5/c27-17-1-4-22-16(13-17)14-23(39-22)24(35)32-9-11-33(12-10-32)25(36)7-5-18(6-8-25)31-19-2-3-21(34(37)38)20(15-19)26(28,29)30/h1-4,13-15,18,31,36H,5-12H2. The molecule has 0 unspecified atom stereocenters. The highest BCUT2D eigenvalue weighted by Crippen LogP contribution is 2.39. The Morgan fingerprint density at radius 2 is 1.77 bits per heavy atom. The first-order chi connectivity index (χ1) is 18.4. The first-order valence-corrected chi connectivity index (χ1v) is 12.5. The van der Waals surface area contributed by atoms with Gasteiger partial charge in [-0.1, -0.05) is 0 Å². The first kappa shape index (κ1) is 26.9. The maximum atomic E-state index is 13.5. The van der Waals surface area contributed by atoms with Gasteiger partial charge < -0.3 is 19.7 Å². The fourth-order valence-electron chi connectivity index (χ4n) is 5.39. The van der Waals surface area contributed by atoms with Gasteiger partial charge in [0.05, 0.1) is 4.92 Å². The van der Waals surface area contributed by atoms with Crippen LogP contribution < -0.4 is 5.32 Å². The Balaban J connectivity index is 1.16. The van der Waals surface area contributed by atoms with Gasteiger partial charge in [0.15, 0.2) is 5.76 Å². The summed E-state index contributed by atoms with van der Waals surface area (Å²) in [6, 6.07) is 8.16. The molecule has 13 heteroatoms. The molecule has 1 saturated carbocycles. The van der Waals surface area contributed by atoms with Gasteiger partial charge in [0, 0.05) is 49.4 Å². The van der Waals surface area contributed by atoms with Crippen molar-refractivity contribution in [2.75, 3.05) is 31.5 Å². The molecule has 2 fully saturated rings. The maximum absolute atomic E-state index is 13.5. The summed E-state index contributed by atoms with van der Waals surface area (Å²) < 4.78 is 58.9. The number of carbonyl (C=O) groups excluding carboxylic acids is 1. The van der Waals surface area contributed by atoms with E-state index in [0.29, 0.717) is 62.8 Å². The number of hydrogen-bond donors (Lipinski definition) is 2. The van der Waals surface area contributed by atoms with Crippen LogP contribution in [0.25, 0.3) is 11.0 Å². The monoisotopic (exact) mass is 550 g/mol. The van der Waals surface area contributed by atoms with Gasteiger partial charge in [-0.25, -0.2) is 4.39 Å². The van der Waals surface area contributed by atoms with Gasteiger partial charge in [0.2, 0.25) is 0 Å². The molecule has 0 spiro atoms. The molecule has 2 heterocycles. The van der Waals surface area contributed by atoms with Crippen LogP contribution in [0.4, 0.5) is 28.9 Å². The largest absolute Gasteiger partial charge is 0.451 e. The minimum Gasteiger partial charge on any atom is -0.451 e. The molecule has 1 aromatic heterocycles. The van der Waals surface area contributed by atoms with Gasteiger partial charge in [-0.05, 0) is 62.1 Å². The number of nitro benzene ring substituents is 1. The molecule has 2 aliphatic rings. The molecular formula is C26H26F4N4O5. The van der Waals surface area contributed by atoms with Gasteiger partial charge in [-0.15, -0.1) is 0 Å². The van der Waals surface area contributed by atoms with Crippen molar-refractivity contribution < 1.29 is 36.8 Å². The Morgan fingerprint density at radius 3 is 2.41 bits per heavy atom. The Labute approximate surface area is 220 Å². The van der Waals surface area contributed by atoms with Crippen LogP contribution in [-0.4, -0.2) is 63.7 Å². The summed E-state index contributed by atoms with van der Waals surface area (Å²) in [6.45, 7) is 1.56. The molecule has 208 valence electrons. The molecule has 3 aromatic rings. The number of fused-ring (bicyclic) bond motifs is 1. The normalized spacial score (nSPS) is 22.7. The second kappa shape index (κ2) is 10.1. The van der Waals surface area contributed by atoms with Gasteiger partial charge in [-0.2, -0.15) is 13.2 Å². The van der Waals surface area contributed by atoms with E-state index < -0.39 is 33.9 Å². The van der Waals surface area contributed by atoms with Gasteiger partial charge in [0.25, 0.3) is 11.6 Å². The minimum absolute atomic E-state index is 0.120. The SMILES string of the molecule is O=C(c1cc2cc(F)ccc2o1)N1CCN(C2(O)CCC(Nc3ccc([N+](=O)[O-])c(C(F)(F)F)c3)CC2)CC1. The second-order valence-corrected chi connectivity index (χ2v) is 9.96. The molecule has 0 atom stereocenters. The molecule has 2 aromatic carbocycles. The number of hydrogen-bond acceptors (Lipinski definition) is 7. The summed E-state index contributed by atoms with van der Waals surface area (Å²) >= 11 is 0. The molecule has 1 amide bonds. The molecule has 1 aliphatic heterocycles. The van der Waals surface area contributed by atoms with Gasteiger partial charge in [-0.3, -0.25) is 19.8 Å². The number of nitro groups is 1. The van der Waals surface area contributed by atoms with Crippen molar-refractivity contribution in [1.82, 2.24) is 9.80 Å². The Hall–Kier alpha value is -3.71. The van der Waals surface area contributed by atoms with Crippen LogP contribution in [0, 0.1) is 15.9 Å². The van der Waals surface area contributed by atoms with Crippen molar-refractivity contribution in [3.8, 4) is 0 Å². The topological polar surface area (TPSA) is 112 Å². The van der Waals surface area contributed by atoms with Crippen LogP contribution in [0.3, 0.4) is 0 Å². The predicted octanol–water partition coefficient (Wildman–Crippen LogP) is 5.00. The summed E-state index contributed by atoms with van der Waals surface area (Å²) in [5.41, 5.74) is -2.88. The quantitative estimate of drug-likeness (QED) is 0.261. The van der Waals surface area contributed by atoms with Crippen LogP contribution in [0.1, 0.15) is 41.8 Å². The van der Waals surface area contributed by atoms with Crippen molar-refractivity contribution >= 4 is 28.3 Å². The number of alkyl halides is 3. The van der Waals surface area contributed by atoms with E-state index in [4.69, 9.17) is 4.42 Å². The fourth-order valence-corrected chi connectivity index (χ4v) is 5.39. The number of nitrogens with zero attached hydrogens (tertiary/aromatic N) is 3. The van der Waals surface area contributed by atoms with Gasteiger partial charge in [0.1, 0.15) is 22.7 Å². The van der Waals surface area contributed by atoms with Crippen molar-refractivity contribution in [3.05, 3.63) is 69.7 Å². The lowest BCUT2D eigenvalue weighted by Gasteiger charge is -2.47. The van der Waals surface area contributed by atoms with Crippen molar-refractivity contribution in [1.29, 1.82) is 0 Å². The lowest BCUT2D eigenvalue weighted by atomic mass is 9.86. The predicted molar refractivity (Wildman–Crippen MR) is 133 cm³/mol. The smallest absolute Gasteiger partial charge is 0.423 e. The number of amides is 1. The average molecular weight is 551 g/mol. The number of furan rings is 1. The molecular weight excluding hydrogens is 524 g/mol. The van der Waals surface area contributed by atoms with E-state index in [1.165, 1.54) is 30.3 Å². The number of benzene rings is 2. The van der Waals surface area contributed by atoms with Crippen LogP contribution >= 0.6 is 0 Å². The minimum atomic E-state index is -4.86. The Kier molecular flexibility index (Phi) is 6.97. The molecule has 0 radical (unpaired) electrons. The molecule has 9 nitrogen and oxygen atoms in total. The van der Waals surface area contributed by atoms with Crippen LogP contribution in [-0.2, 0) is 6.18 Å². The number of nitrogens with one attached hydrogen (secondary N) is 1. The lowest BCUT2D eigenvalue weighted by molar-refractivity contribution is -0.388. The Bertz CT molecular complexity index is 1390. The highest BCUT2D eigenvalue weighted by Gasteiger charge is 2.41. The van der Waals surface area contributed by atoms with Crippen molar-refractivity contribution in [2.24, 2.45) is 0 Å². The van der Waals surface area contributed by atoms with Crippen molar-refractivity contribution in [2.45, 2.75) is 43.6 Å². The zero-order valence-electron chi connectivity index (χ0n) is 20.7. The highest BCUT2D eigenvalue weighted by molar-refractivity contribution is 5.96. The number of carbonyl (C=O) groups is 1. The molecule has 1 aliphatic carbocycles. The van der Waals surface area contributed by atoms with E-state index in [1.54, 1.807) is 4.90 Å². The third-order valence-corrected chi connectivity index (χ3v) is 7.50. The number of anilines is 1. The lowest BCUT2D eigenvalue weighted by Crippen LogP contribution is -2.59. The zero-order valence-corrected chi connectivity index (χ0v) is 20.7. The summed E-state index contributed by atoms with van der Waals surface area (Å²) in [5, 5.41) is 25.8. The summed E-state index contributed by atoms with van der Waals surface area (Å²) in [6.07, 6.45) is -3.18. The average Bonchev–Trinajstić information content (AvgIpc) is 3.32. The summed E-state index contributed by atoms with van der Waals surface area (Å²) in [7, 11) is 0. The third-order valence-electron chi connectivity index (χ3n) is 7.50. The van der Waals surface area contributed by atoms with Crippen LogP contribution in [0.5, 0.6) is 0 Å². The zero-order chi connectivity index (χ0) is 27.9. The number of rotatable bonds is 5. The molecule has 1 saturated heterocycles. The Morgan fingerprint density at radius 1 is 1.08 bits per heavy atom. The number of aliphatic hydroxyl groups is 1. The van der Waals surface area contributed by atoms with E-state index in [2.05, 4.69) is 5.32 Å². The summed E-state index contributed by atoms with van der Waals surface area (Å²) in [5.74, 6) is -0.616. The maximum Gasteiger partial charge on any atom is 0.423 e. The molecule has 5 rings (SSSR count). The second-order valence-electron chi connectivity index (χ2n) is 9.96. The first-order valence-electron chi connectivity index (χ1n) is 12.5. The van der Waals surface area contributed by atoms with Gasteiger partial charge >= 0.3 is 6.18 Å². The molecule has 0 bridgehead atoms.